The van der Waals surface area contributed by atoms with Crippen LogP contribution in [0.15, 0.2) is 22.7 Å². The van der Waals surface area contributed by atoms with Gasteiger partial charge in [0.2, 0.25) is 11.7 Å². The molecule has 16 heavy (non-hydrogen) atoms. The molecule has 0 aliphatic heterocycles. The molecule has 0 atom stereocenters. The van der Waals surface area contributed by atoms with Crippen LogP contribution in [0.4, 0.5) is 0 Å². The first kappa shape index (κ1) is 10.5. The van der Waals surface area contributed by atoms with Crippen molar-refractivity contribution in [3.8, 4) is 11.4 Å². The lowest BCUT2D eigenvalue weighted by Crippen LogP contribution is -1.96. The number of hydrogen-bond donors (Lipinski definition) is 1. The second-order valence-electron chi connectivity index (χ2n) is 3.42. The van der Waals surface area contributed by atoms with Crippen LogP contribution in [0.3, 0.4) is 0 Å². The third-order valence-corrected chi connectivity index (χ3v) is 2.22. The van der Waals surface area contributed by atoms with Crippen LogP contribution in [0.5, 0.6) is 0 Å². The van der Waals surface area contributed by atoms with Gasteiger partial charge in [0, 0.05) is 11.1 Å². The van der Waals surface area contributed by atoms with E-state index < -0.39 is 0 Å². The van der Waals surface area contributed by atoms with Gasteiger partial charge in [0.1, 0.15) is 0 Å². The summed E-state index contributed by atoms with van der Waals surface area (Å²) in [5.74, 6) is 0.750. The molecule has 5 nitrogen and oxygen atoms in total. The zero-order valence-corrected chi connectivity index (χ0v) is 8.80. The number of carbonyl (C=O) groups excluding carboxylic acids is 1. The summed E-state index contributed by atoms with van der Waals surface area (Å²) in [4.78, 5) is 15.0. The van der Waals surface area contributed by atoms with Crippen molar-refractivity contribution in [2.75, 3.05) is 0 Å². The molecule has 0 unspecified atom stereocenters. The predicted molar refractivity (Wildman–Crippen MR) is 57.7 cm³/mol. The number of aryl methyl sites for hydroxylation is 1. The zero-order chi connectivity index (χ0) is 11.5. The summed E-state index contributed by atoms with van der Waals surface area (Å²) in [6.45, 7) is 2.12. The van der Waals surface area contributed by atoms with Crippen LogP contribution in [0.2, 0.25) is 0 Å². The molecule has 0 saturated carbocycles. The van der Waals surface area contributed by atoms with E-state index in [9.17, 15) is 4.79 Å². The van der Waals surface area contributed by atoms with Gasteiger partial charge in [-0.15, -0.1) is 0 Å². The smallest absolute Gasteiger partial charge is 0.240 e. The molecule has 82 valence electrons. The van der Waals surface area contributed by atoms with Crippen molar-refractivity contribution in [2.24, 2.45) is 5.73 Å². The highest BCUT2D eigenvalue weighted by Crippen LogP contribution is 2.21. The molecule has 5 heteroatoms. The maximum atomic E-state index is 10.9. The van der Waals surface area contributed by atoms with Gasteiger partial charge in [-0.1, -0.05) is 22.9 Å². The maximum absolute atomic E-state index is 10.9. The normalized spacial score (nSPS) is 10.4. The van der Waals surface area contributed by atoms with Gasteiger partial charge in [0.25, 0.3) is 0 Å². The number of nitrogens with zero attached hydrogens (tertiary/aromatic N) is 2. The Hall–Kier alpha value is -2.01. The van der Waals surface area contributed by atoms with Gasteiger partial charge in [-0.3, -0.25) is 4.79 Å². The molecule has 1 aromatic carbocycles. The minimum atomic E-state index is 0.190. The molecule has 1 aromatic heterocycles. The Balaban J connectivity index is 2.53. The van der Waals surface area contributed by atoms with Gasteiger partial charge in [0.05, 0.1) is 6.54 Å². The van der Waals surface area contributed by atoms with Crippen LogP contribution >= 0.6 is 0 Å². The van der Waals surface area contributed by atoms with E-state index in [-0.39, 0.29) is 6.54 Å². The largest absolute Gasteiger partial charge is 0.338 e. The summed E-state index contributed by atoms with van der Waals surface area (Å²) >= 11 is 0. The van der Waals surface area contributed by atoms with E-state index in [2.05, 4.69) is 10.1 Å². The van der Waals surface area contributed by atoms with Crippen LogP contribution in [-0.2, 0) is 6.54 Å². The second-order valence-corrected chi connectivity index (χ2v) is 3.42. The molecule has 0 aliphatic carbocycles. The fourth-order valence-electron chi connectivity index (χ4n) is 1.41. The van der Waals surface area contributed by atoms with Gasteiger partial charge in [0.15, 0.2) is 6.29 Å². The van der Waals surface area contributed by atoms with Crippen molar-refractivity contribution < 1.29 is 9.32 Å². The summed E-state index contributed by atoms with van der Waals surface area (Å²) in [6, 6.07) is 5.43. The molecule has 0 bridgehead atoms. The summed E-state index contributed by atoms with van der Waals surface area (Å²) in [7, 11) is 0. The van der Waals surface area contributed by atoms with Crippen LogP contribution in [0, 0.1) is 6.92 Å². The first-order valence-corrected chi connectivity index (χ1v) is 4.83. The molecule has 1 heterocycles. The summed E-state index contributed by atoms with van der Waals surface area (Å²) in [5, 5.41) is 3.78. The van der Waals surface area contributed by atoms with Crippen molar-refractivity contribution in [1.29, 1.82) is 0 Å². The third-order valence-electron chi connectivity index (χ3n) is 2.22. The minimum Gasteiger partial charge on any atom is -0.338 e. The Morgan fingerprint density at radius 1 is 1.50 bits per heavy atom. The molecule has 0 fully saturated rings. The first-order valence-electron chi connectivity index (χ1n) is 4.83. The second kappa shape index (κ2) is 4.24. The molecule has 2 N–H and O–H groups in total. The number of aldehydes is 1. The number of rotatable bonds is 3. The molecule has 0 spiro atoms. The highest BCUT2D eigenvalue weighted by molar-refractivity contribution is 5.85. The average molecular weight is 217 g/mol. The predicted octanol–water partition coefficient (Wildman–Crippen LogP) is 1.32. The lowest BCUT2D eigenvalue weighted by Gasteiger charge is -2.00. The van der Waals surface area contributed by atoms with Gasteiger partial charge >= 0.3 is 0 Å². The highest BCUT2D eigenvalue weighted by Gasteiger charge is 2.11. The van der Waals surface area contributed by atoms with Gasteiger partial charge < -0.3 is 10.3 Å². The van der Waals surface area contributed by atoms with Crippen molar-refractivity contribution >= 4 is 6.29 Å². The SMILES string of the molecule is Cc1ccc(C=O)c(-c2noc(CN)n2)c1. The molecule has 2 aromatic rings. The fourth-order valence-corrected chi connectivity index (χ4v) is 1.41. The van der Waals surface area contributed by atoms with E-state index >= 15 is 0 Å². The molecular formula is C11H11N3O2. The molecule has 0 aliphatic rings. The average Bonchev–Trinajstić information content (AvgIpc) is 2.77. The standard InChI is InChI=1S/C11H11N3O2/c1-7-2-3-8(6-15)9(4-7)11-13-10(5-12)16-14-11/h2-4,6H,5,12H2,1H3. The molecular weight excluding hydrogens is 206 g/mol. The van der Waals surface area contributed by atoms with Gasteiger partial charge in [-0.25, -0.2) is 0 Å². The number of carbonyl (C=O) groups is 1. The molecule has 0 amide bonds. The first-order chi connectivity index (χ1) is 7.74. The Kier molecular flexibility index (Phi) is 2.78. The van der Waals surface area contributed by atoms with Crippen LogP contribution in [0.25, 0.3) is 11.4 Å². The summed E-state index contributed by atoms with van der Waals surface area (Å²) in [6.07, 6.45) is 0.771. The van der Waals surface area contributed by atoms with Crippen molar-refractivity contribution in [1.82, 2.24) is 10.1 Å². The Morgan fingerprint density at radius 3 is 2.94 bits per heavy atom. The number of nitrogens with two attached hydrogens (primary N) is 1. The lowest BCUT2D eigenvalue weighted by atomic mass is 10.1. The van der Waals surface area contributed by atoms with E-state index in [0.29, 0.717) is 22.8 Å². The summed E-state index contributed by atoms with van der Waals surface area (Å²) < 4.78 is 4.91. The minimum absolute atomic E-state index is 0.190. The van der Waals surface area contributed by atoms with E-state index in [1.165, 1.54) is 0 Å². The Morgan fingerprint density at radius 2 is 2.31 bits per heavy atom. The topological polar surface area (TPSA) is 82.0 Å². The van der Waals surface area contributed by atoms with Gasteiger partial charge in [-0.2, -0.15) is 4.98 Å². The Bertz CT molecular complexity index is 520. The highest BCUT2D eigenvalue weighted by atomic mass is 16.5. The molecule has 0 saturated heterocycles. The third kappa shape index (κ3) is 1.85. The number of benzene rings is 1. The van der Waals surface area contributed by atoms with E-state index in [4.69, 9.17) is 10.3 Å². The van der Waals surface area contributed by atoms with Crippen molar-refractivity contribution in [3.63, 3.8) is 0 Å². The van der Waals surface area contributed by atoms with Crippen molar-refractivity contribution in [3.05, 3.63) is 35.2 Å². The maximum Gasteiger partial charge on any atom is 0.240 e. The van der Waals surface area contributed by atoms with Crippen LogP contribution < -0.4 is 5.73 Å². The van der Waals surface area contributed by atoms with E-state index in [0.717, 1.165) is 11.8 Å². The number of aromatic nitrogens is 2. The lowest BCUT2D eigenvalue weighted by molar-refractivity contribution is 0.112. The molecule has 0 radical (unpaired) electrons. The quantitative estimate of drug-likeness (QED) is 0.784. The zero-order valence-electron chi connectivity index (χ0n) is 8.80. The number of hydrogen-bond acceptors (Lipinski definition) is 5. The van der Waals surface area contributed by atoms with Crippen molar-refractivity contribution in [2.45, 2.75) is 13.5 Å². The Labute approximate surface area is 92.3 Å². The van der Waals surface area contributed by atoms with E-state index in [1.807, 2.05) is 19.1 Å². The van der Waals surface area contributed by atoms with Crippen LogP contribution in [-0.4, -0.2) is 16.4 Å². The molecule has 2 rings (SSSR count). The van der Waals surface area contributed by atoms with Crippen LogP contribution in [0.1, 0.15) is 21.8 Å². The summed E-state index contributed by atoms with van der Waals surface area (Å²) in [5.41, 5.74) is 7.61. The van der Waals surface area contributed by atoms with Gasteiger partial charge in [-0.05, 0) is 13.0 Å². The fraction of sp³-hybridized carbons (Fsp3) is 0.182. The monoisotopic (exact) mass is 217 g/mol. The van der Waals surface area contributed by atoms with E-state index in [1.54, 1.807) is 6.07 Å².